The van der Waals surface area contributed by atoms with Crippen molar-refractivity contribution in [2.24, 2.45) is 0 Å². The second kappa shape index (κ2) is 10.5. The molecule has 8 heteroatoms. The third-order valence-electron chi connectivity index (χ3n) is 4.31. The highest BCUT2D eigenvalue weighted by molar-refractivity contribution is 8.02. The Labute approximate surface area is 193 Å². The molecule has 1 heterocycles. The van der Waals surface area contributed by atoms with E-state index in [-0.39, 0.29) is 5.69 Å². The zero-order valence-electron chi connectivity index (χ0n) is 16.4. The first-order valence-electron chi connectivity index (χ1n) is 9.53. The van der Waals surface area contributed by atoms with E-state index in [1.807, 2.05) is 42.5 Å². The smallest absolute Gasteiger partial charge is 0.271 e. The monoisotopic (exact) mass is 465 g/mol. The molecule has 0 amide bonds. The Kier molecular flexibility index (Phi) is 7.24. The number of thiazole rings is 1. The molecule has 0 fully saturated rings. The van der Waals surface area contributed by atoms with E-state index in [0.717, 1.165) is 25.9 Å². The molecule has 4 aromatic rings. The van der Waals surface area contributed by atoms with Crippen LogP contribution in [0.1, 0.15) is 11.1 Å². The van der Waals surface area contributed by atoms with E-state index in [1.54, 1.807) is 40.9 Å². The molecule has 0 bridgehead atoms. The van der Waals surface area contributed by atoms with E-state index < -0.39 is 4.92 Å². The van der Waals surface area contributed by atoms with Gasteiger partial charge in [-0.25, -0.2) is 4.98 Å². The van der Waals surface area contributed by atoms with Crippen molar-refractivity contribution in [2.75, 3.05) is 5.32 Å². The number of anilines is 2. The normalized spacial score (nSPS) is 10.7. The predicted molar refractivity (Wildman–Crippen MR) is 130 cm³/mol. The molecule has 1 aromatic heterocycles. The molecule has 4 rings (SSSR count). The van der Waals surface area contributed by atoms with E-state index in [9.17, 15) is 10.1 Å². The van der Waals surface area contributed by atoms with Gasteiger partial charge < -0.3 is 5.32 Å². The van der Waals surface area contributed by atoms with Crippen LogP contribution >= 0.6 is 34.9 Å². The van der Waals surface area contributed by atoms with Gasteiger partial charge in [-0.15, -0.1) is 11.8 Å². The zero-order valence-corrected chi connectivity index (χ0v) is 18.9. The largest absolute Gasteiger partial charge is 0.331 e. The molecule has 0 radical (unpaired) electrons. The second-order valence-corrected chi connectivity index (χ2v) is 9.80. The molecule has 0 saturated heterocycles. The first-order chi connectivity index (χ1) is 15.2. The van der Waals surface area contributed by atoms with Gasteiger partial charge in [-0.3, -0.25) is 10.1 Å². The van der Waals surface area contributed by atoms with Gasteiger partial charge in [-0.1, -0.05) is 89.8 Å². The lowest BCUT2D eigenvalue weighted by molar-refractivity contribution is -0.384. The van der Waals surface area contributed by atoms with E-state index in [2.05, 4.69) is 29.6 Å². The molecule has 156 valence electrons. The van der Waals surface area contributed by atoms with Crippen LogP contribution in [0.15, 0.2) is 94.2 Å². The quantitative estimate of drug-likeness (QED) is 0.158. The van der Waals surface area contributed by atoms with Gasteiger partial charge in [0.2, 0.25) is 0 Å². The number of rotatable bonds is 9. The molecule has 0 aliphatic heterocycles. The number of nitro benzene ring substituents is 1. The topological polar surface area (TPSA) is 68.1 Å². The molecule has 3 aromatic carbocycles. The van der Waals surface area contributed by atoms with Crippen molar-refractivity contribution in [1.29, 1.82) is 0 Å². The number of aromatic nitrogens is 1. The summed E-state index contributed by atoms with van der Waals surface area (Å²) in [6.45, 7) is 0. The van der Waals surface area contributed by atoms with Crippen LogP contribution in [0.3, 0.4) is 0 Å². The maximum Gasteiger partial charge on any atom is 0.271 e. The molecule has 0 saturated carbocycles. The van der Waals surface area contributed by atoms with Crippen LogP contribution in [0.2, 0.25) is 0 Å². The molecule has 1 N–H and O–H groups in total. The minimum Gasteiger partial charge on any atom is -0.331 e. The Morgan fingerprint density at radius 2 is 1.52 bits per heavy atom. The molecule has 0 unspecified atom stereocenters. The summed E-state index contributed by atoms with van der Waals surface area (Å²) >= 11 is 5.04. The van der Waals surface area contributed by atoms with Crippen molar-refractivity contribution >= 4 is 51.4 Å². The van der Waals surface area contributed by atoms with Gasteiger partial charge in [-0.05, 0) is 17.2 Å². The standard InChI is InChI=1S/C23H19N3O2S3/c27-26(28)20-13-7-12-19(14-20)24-23-25-21(29-15-17-8-3-1-4-9-17)22(31-23)30-16-18-10-5-2-6-11-18/h1-14H,15-16H2,(H,24,25). The van der Waals surface area contributed by atoms with Crippen LogP contribution in [0.5, 0.6) is 0 Å². The fourth-order valence-corrected chi connectivity index (χ4v) is 6.20. The van der Waals surface area contributed by atoms with Crippen molar-refractivity contribution < 1.29 is 4.92 Å². The highest BCUT2D eigenvalue weighted by Crippen LogP contribution is 2.41. The van der Waals surface area contributed by atoms with Gasteiger partial charge in [0.1, 0.15) is 5.03 Å². The number of nitrogens with one attached hydrogen (secondary N) is 1. The van der Waals surface area contributed by atoms with E-state index in [4.69, 9.17) is 4.98 Å². The maximum atomic E-state index is 11.1. The number of non-ortho nitro benzene ring substituents is 1. The summed E-state index contributed by atoms with van der Waals surface area (Å²) in [6, 6.07) is 27.1. The Balaban J connectivity index is 1.53. The average molecular weight is 466 g/mol. The maximum absolute atomic E-state index is 11.1. The predicted octanol–water partition coefficient (Wildman–Crippen LogP) is 7.38. The zero-order chi connectivity index (χ0) is 21.5. The molecule has 0 aliphatic carbocycles. The van der Waals surface area contributed by atoms with Crippen LogP contribution in [0, 0.1) is 10.1 Å². The molecule has 0 spiro atoms. The van der Waals surface area contributed by atoms with Gasteiger partial charge in [0.25, 0.3) is 5.69 Å². The Morgan fingerprint density at radius 3 is 2.16 bits per heavy atom. The number of hydrogen-bond donors (Lipinski definition) is 1. The molecule has 0 aliphatic rings. The Bertz CT molecular complexity index is 1090. The van der Waals surface area contributed by atoms with Crippen LogP contribution in [-0.4, -0.2) is 9.91 Å². The highest BCUT2D eigenvalue weighted by Gasteiger charge is 2.14. The van der Waals surface area contributed by atoms with Crippen LogP contribution < -0.4 is 5.32 Å². The number of benzene rings is 3. The van der Waals surface area contributed by atoms with Crippen molar-refractivity contribution in [3.05, 3.63) is 106 Å². The first-order valence-corrected chi connectivity index (χ1v) is 12.3. The molecule has 5 nitrogen and oxygen atoms in total. The number of nitrogens with zero attached hydrogens (tertiary/aromatic N) is 2. The van der Waals surface area contributed by atoms with E-state index >= 15 is 0 Å². The molecular weight excluding hydrogens is 446 g/mol. The minimum atomic E-state index is -0.394. The lowest BCUT2D eigenvalue weighted by Crippen LogP contribution is -1.92. The van der Waals surface area contributed by atoms with Gasteiger partial charge in [-0.2, -0.15) is 0 Å². The van der Waals surface area contributed by atoms with Gasteiger partial charge in [0, 0.05) is 29.3 Å². The van der Waals surface area contributed by atoms with Crippen molar-refractivity contribution in [3.63, 3.8) is 0 Å². The number of thioether (sulfide) groups is 2. The molecular formula is C23H19N3O2S3. The van der Waals surface area contributed by atoms with Crippen LogP contribution in [0.25, 0.3) is 0 Å². The van der Waals surface area contributed by atoms with Crippen molar-refractivity contribution in [3.8, 4) is 0 Å². The summed E-state index contributed by atoms with van der Waals surface area (Å²) in [5.41, 5.74) is 3.21. The minimum absolute atomic E-state index is 0.0545. The van der Waals surface area contributed by atoms with Crippen LogP contribution in [0.4, 0.5) is 16.5 Å². The second-order valence-electron chi connectivity index (χ2n) is 6.59. The Hall–Kier alpha value is -2.81. The molecule has 0 atom stereocenters. The lowest BCUT2D eigenvalue weighted by Gasteiger charge is -2.03. The van der Waals surface area contributed by atoms with Gasteiger partial charge >= 0.3 is 0 Å². The van der Waals surface area contributed by atoms with E-state index in [0.29, 0.717) is 5.69 Å². The van der Waals surface area contributed by atoms with Crippen LogP contribution in [-0.2, 0) is 11.5 Å². The molecule has 31 heavy (non-hydrogen) atoms. The van der Waals surface area contributed by atoms with Gasteiger partial charge in [0.15, 0.2) is 5.13 Å². The number of hydrogen-bond acceptors (Lipinski definition) is 7. The average Bonchev–Trinajstić information content (AvgIpc) is 3.19. The highest BCUT2D eigenvalue weighted by atomic mass is 32.2. The van der Waals surface area contributed by atoms with Crippen molar-refractivity contribution in [1.82, 2.24) is 4.98 Å². The SMILES string of the molecule is O=[N+]([O-])c1cccc(Nc2nc(SCc3ccccc3)c(SCc3ccccc3)s2)c1. The first kappa shape index (κ1) is 21.4. The summed E-state index contributed by atoms with van der Waals surface area (Å²) in [5.74, 6) is 1.69. The summed E-state index contributed by atoms with van der Waals surface area (Å²) in [6.07, 6.45) is 0. The van der Waals surface area contributed by atoms with Gasteiger partial charge in [0.05, 0.1) is 9.13 Å². The number of nitro groups is 1. The summed E-state index contributed by atoms with van der Waals surface area (Å²) < 4.78 is 1.14. The fourth-order valence-electron chi connectivity index (χ4n) is 2.80. The van der Waals surface area contributed by atoms with Crippen molar-refractivity contribution in [2.45, 2.75) is 20.7 Å². The Morgan fingerprint density at radius 1 is 0.871 bits per heavy atom. The summed E-state index contributed by atoms with van der Waals surface area (Å²) in [4.78, 5) is 15.5. The summed E-state index contributed by atoms with van der Waals surface area (Å²) in [5, 5.41) is 16.0. The lowest BCUT2D eigenvalue weighted by atomic mass is 10.2. The van der Waals surface area contributed by atoms with E-state index in [1.165, 1.54) is 23.3 Å². The third kappa shape index (κ3) is 6.10. The summed E-state index contributed by atoms with van der Waals surface area (Å²) in [7, 11) is 0. The fraction of sp³-hybridized carbons (Fsp3) is 0.0870. The third-order valence-corrected chi connectivity index (χ3v) is 7.91.